The molecule has 0 aliphatic heterocycles. The van der Waals surface area contributed by atoms with Crippen molar-refractivity contribution in [2.45, 2.75) is 123 Å². The lowest BCUT2D eigenvalue weighted by Gasteiger charge is -2.30. The molecular formula is C30H50N4O6. The number of amides is 1. The van der Waals surface area contributed by atoms with Crippen molar-refractivity contribution in [1.29, 1.82) is 0 Å². The predicted octanol–water partition coefficient (Wildman–Crippen LogP) is 2.86. The predicted molar refractivity (Wildman–Crippen MR) is 153 cm³/mol. The van der Waals surface area contributed by atoms with Gasteiger partial charge in [-0.15, -0.1) is 0 Å². The van der Waals surface area contributed by atoms with Gasteiger partial charge in [0, 0.05) is 18.2 Å². The monoisotopic (exact) mass is 562 g/mol. The van der Waals surface area contributed by atoms with Gasteiger partial charge in [-0.3, -0.25) is 14.6 Å². The van der Waals surface area contributed by atoms with Crippen LogP contribution in [-0.2, 0) is 16.1 Å². The van der Waals surface area contributed by atoms with Crippen molar-refractivity contribution in [3.05, 3.63) is 29.1 Å². The number of nitrogens with one attached hydrogen (secondary N) is 1. The molecule has 0 radical (unpaired) electrons. The maximum Gasteiger partial charge on any atom is 0.339 e. The van der Waals surface area contributed by atoms with Crippen molar-refractivity contribution in [3.8, 4) is 0 Å². The highest BCUT2D eigenvalue weighted by atomic mass is 16.6. The Kier molecular flexibility index (Phi) is 12.7. The van der Waals surface area contributed by atoms with Crippen molar-refractivity contribution in [2.75, 3.05) is 0 Å². The van der Waals surface area contributed by atoms with Gasteiger partial charge in [-0.25, -0.2) is 4.79 Å². The van der Waals surface area contributed by atoms with Crippen molar-refractivity contribution in [2.24, 2.45) is 29.2 Å². The Morgan fingerprint density at radius 2 is 1.70 bits per heavy atom. The van der Waals surface area contributed by atoms with Crippen LogP contribution in [0.5, 0.6) is 0 Å². The number of ether oxygens (including phenoxy) is 1. The minimum absolute atomic E-state index is 0.0330. The average molecular weight is 563 g/mol. The van der Waals surface area contributed by atoms with Gasteiger partial charge in [0.05, 0.1) is 35.6 Å². The number of carbonyl (C=O) groups is 3. The lowest BCUT2D eigenvalue weighted by molar-refractivity contribution is -0.124. The molecule has 1 aliphatic rings. The molecule has 7 N–H and O–H groups in total. The first-order chi connectivity index (χ1) is 18.6. The zero-order valence-corrected chi connectivity index (χ0v) is 25.0. The Labute approximate surface area is 238 Å². The molecule has 1 aliphatic carbocycles. The second kappa shape index (κ2) is 15.0. The van der Waals surface area contributed by atoms with E-state index in [2.05, 4.69) is 10.3 Å². The van der Waals surface area contributed by atoms with Crippen LogP contribution in [0.4, 0.5) is 0 Å². The van der Waals surface area contributed by atoms with Crippen LogP contribution in [0.1, 0.15) is 113 Å². The molecule has 1 saturated carbocycles. The van der Waals surface area contributed by atoms with E-state index in [1.807, 2.05) is 13.8 Å². The van der Waals surface area contributed by atoms with Crippen molar-refractivity contribution in [1.82, 2.24) is 10.3 Å². The van der Waals surface area contributed by atoms with Gasteiger partial charge in [-0.05, 0) is 58.4 Å². The highest BCUT2D eigenvalue weighted by Gasteiger charge is 2.33. The molecule has 10 nitrogen and oxygen atoms in total. The van der Waals surface area contributed by atoms with Crippen LogP contribution in [-0.4, -0.2) is 62.7 Å². The summed E-state index contributed by atoms with van der Waals surface area (Å²) in [6.07, 6.45) is 6.19. The third-order valence-electron chi connectivity index (χ3n) is 7.57. The maximum atomic E-state index is 13.9. The quantitative estimate of drug-likeness (QED) is 0.179. The summed E-state index contributed by atoms with van der Waals surface area (Å²) in [5, 5.41) is 23.1. The SMILES string of the molecule is CC(C)C(C[C@H](O)[C@@H](N)CC1CCCCC1)C(=O)c1cnc(CNC(=O)[C@@H](N)[C@@H](C)O)cc1C(=O)OC(C)(C)C. The van der Waals surface area contributed by atoms with Crippen LogP contribution in [0.3, 0.4) is 0 Å². The molecule has 0 aromatic carbocycles. The van der Waals surface area contributed by atoms with Crippen LogP contribution in [0.15, 0.2) is 12.3 Å². The molecule has 40 heavy (non-hydrogen) atoms. The van der Waals surface area contributed by atoms with Gasteiger partial charge in [-0.1, -0.05) is 46.0 Å². The van der Waals surface area contributed by atoms with E-state index in [0.29, 0.717) is 11.6 Å². The molecule has 1 heterocycles. The summed E-state index contributed by atoms with van der Waals surface area (Å²) < 4.78 is 5.58. The molecule has 1 aromatic heterocycles. The van der Waals surface area contributed by atoms with E-state index < -0.39 is 47.7 Å². The standard InChI is InChI=1S/C30H50N4O6/c1-17(2)21(14-25(36)24(31)12-19-10-8-7-9-11-19)27(37)23-16-33-20(15-34-28(38)26(32)18(3)35)13-22(23)29(39)40-30(4,5)6/h13,16-19,21,24-26,35-36H,7-12,14-15,31-32H2,1-6H3,(H,34,38)/t18-,21?,24+,25+,26+/m1/s1. The Bertz CT molecular complexity index is 1000. The smallest absolute Gasteiger partial charge is 0.339 e. The normalized spacial score (nSPS) is 18.5. The van der Waals surface area contributed by atoms with Gasteiger partial charge < -0.3 is 31.7 Å². The number of hydrogen-bond donors (Lipinski definition) is 5. The molecule has 0 bridgehead atoms. The van der Waals surface area contributed by atoms with E-state index in [9.17, 15) is 24.6 Å². The number of ketones is 1. The van der Waals surface area contributed by atoms with E-state index in [4.69, 9.17) is 16.2 Å². The first-order valence-electron chi connectivity index (χ1n) is 14.5. The summed E-state index contributed by atoms with van der Waals surface area (Å²) in [6, 6.07) is -0.119. The van der Waals surface area contributed by atoms with Crippen LogP contribution in [0.2, 0.25) is 0 Å². The molecule has 10 heteroatoms. The summed E-state index contributed by atoms with van der Waals surface area (Å²) >= 11 is 0. The van der Waals surface area contributed by atoms with Crippen molar-refractivity contribution in [3.63, 3.8) is 0 Å². The number of Topliss-reactive ketones (excluding diaryl/α,β-unsaturated/α-hetero) is 1. The maximum absolute atomic E-state index is 13.9. The Morgan fingerprint density at radius 1 is 1.07 bits per heavy atom. The number of esters is 1. The number of rotatable bonds is 13. The number of aromatic nitrogens is 1. The lowest BCUT2D eigenvalue weighted by atomic mass is 9.79. The number of aliphatic hydroxyl groups excluding tert-OH is 2. The fourth-order valence-corrected chi connectivity index (χ4v) is 5.09. The summed E-state index contributed by atoms with van der Waals surface area (Å²) in [5.74, 6) is -1.81. The third-order valence-corrected chi connectivity index (χ3v) is 7.57. The highest BCUT2D eigenvalue weighted by Crippen LogP contribution is 2.30. The van der Waals surface area contributed by atoms with Crippen LogP contribution < -0.4 is 16.8 Å². The van der Waals surface area contributed by atoms with Crippen LogP contribution in [0, 0.1) is 17.8 Å². The van der Waals surface area contributed by atoms with Crippen LogP contribution >= 0.6 is 0 Å². The number of aliphatic hydroxyl groups is 2. The number of hydrogen-bond acceptors (Lipinski definition) is 9. The molecular weight excluding hydrogens is 512 g/mol. The summed E-state index contributed by atoms with van der Waals surface area (Å²) in [4.78, 5) is 43.6. The minimum atomic E-state index is -1.12. The molecule has 2 rings (SSSR count). The van der Waals surface area contributed by atoms with E-state index in [1.54, 1.807) is 20.8 Å². The molecule has 1 amide bonds. The van der Waals surface area contributed by atoms with Gasteiger partial charge in [0.15, 0.2) is 5.78 Å². The fourth-order valence-electron chi connectivity index (χ4n) is 5.09. The van der Waals surface area contributed by atoms with E-state index >= 15 is 0 Å². The molecule has 0 saturated heterocycles. The average Bonchev–Trinajstić information content (AvgIpc) is 2.88. The van der Waals surface area contributed by atoms with Crippen molar-refractivity contribution < 1.29 is 29.3 Å². The molecule has 5 atom stereocenters. The number of nitrogens with two attached hydrogens (primary N) is 2. The Morgan fingerprint density at radius 3 is 2.25 bits per heavy atom. The zero-order valence-electron chi connectivity index (χ0n) is 25.0. The first kappa shape index (κ1) is 33.8. The fraction of sp³-hybridized carbons (Fsp3) is 0.733. The van der Waals surface area contributed by atoms with Gasteiger partial charge >= 0.3 is 5.97 Å². The molecule has 226 valence electrons. The largest absolute Gasteiger partial charge is 0.456 e. The topological polar surface area (TPSA) is 178 Å². The number of carbonyl (C=O) groups excluding carboxylic acids is 3. The van der Waals surface area contributed by atoms with Gasteiger partial charge in [0.25, 0.3) is 0 Å². The summed E-state index contributed by atoms with van der Waals surface area (Å²) in [5.41, 5.74) is 11.7. The lowest BCUT2D eigenvalue weighted by Crippen LogP contribution is -2.46. The Hall–Kier alpha value is -2.40. The van der Waals surface area contributed by atoms with Gasteiger partial charge in [-0.2, -0.15) is 0 Å². The van der Waals surface area contributed by atoms with Crippen LogP contribution in [0.25, 0.3) is 0 Å². The minimum Gasteiger partial charge on any atom is -0.456 e. The highest BCUT2D eigenvalue weighted by molar-refractivity contribution is 6.07. The molecule has 0 spiro atoms. The summed E-state index contributed by atoms with van der Waals surface area (Å²) in [7, 11) is 0. The number of pyridine rings is 1. The van der Waals surface area contributed by atoms with E-state index in [-0.39, 0.29) is 35.8 Å². The van der Waals surface area contributed by atoms with E-state index in [1.165, 1.54) is 38.4 Å². The Balaban J connectivity index is 2.29. The zero-order chi connectivity index (χ0) is 30.2. The molecule has 1 aromatic rings. The van der Waals surface area contributed by atoms with E-state index in [0.717, 1.165) is 19.3 Å². The number of nitrogens with zero attached hydrogens (tertiary/aromatic N) is 1. The second-order valence-corrected chi connectivity index (χ2v) is 12.6. The van der Waals surface area contributed by atoms with Gasteiger partial charge in [0.1, 0.15) is 11.6 Å². The van der Waals surface area contributed by atoms with Crippen molar-refractivity contribution >= 4 is 17.7 Å². The summed E-state index contributed by atoms with van der Waals surface area (Å²) in [6.45, 7) is 10.3. The molecule has 1 fully saturated rings. The first-order valence-corrected chi connectivity index (χ1v) is 14.5. The second-order valence-electron chi connectivity index (χ2n) is 12.6. The molecule has 1 unspecified atom stereocenters. The van der Waals surface area contributed by atoms with Gasteiger partial charge in [0.2, 0.25) is 5.91 Å². The third kappa shape index (κ3) is 10.2.